The van der Waals surface area contributed by atoms with Crippen LogP contribution in [0.3, 0.4) is 0 Å². The van der Waals surface area contributed by atoms with Gasteiger partial charge in [0.2, 0.25) is 0 Å². The normalized spacial score (nSPS) is 12.4. The highest BCUT2D eigenvalue weighted by Gasteiger charge is 2.17. The van der Waals surface area contributed by atoms with Crippen molar-refractivity contribution >= 4 is 38.5 Å². The molecule has 0 amide bonds. The van der Waals surface area contributed by atoms with Crippen LogP contribution < -0.4 is 5.32 Å². The Balaban J connectivity index is 2.46. The molecule has 0 fully saturated rings. The molecular weight excluding hydrogens is 444 g/mol. The van der Waals surface area contributed by atoms with E-state index in [0.29, 0.717) is 5.56 Å². The van der Waals surface area contributed by atoms with Gasteiger partial charge in [-0.1, -0.05) is 35.0 Å². The van der Waals surface area contributed by atoms with Crippen LogP contribution in [-0.4, -0.2) is 6.54 Å². The van der Waals surface area contributed by atoms with E-state index in [1.54, 1.807) is 13.0 Å². The van der Waals surface area contributed by atoms with Gasteiger partial charge in [0, 0.05) is 8.04 Å². The van der Waals surface area contributed by atoms with E-state index < -0.39 is 0 Å². The molecule has 1 atom stereocenters. The molecule has 1 N–H and O–H groups in total. The van der Waals surface area contributed by atoms with Gasteiger partial charge in [0.15, 0.2) is 0 Å². The third-order valence-electron chi connectivity index (χ3n) is 3.40. The molecule has 0 aliphatic carbocycles. The lowest BCUT2D eigenvalue weighted by Gasteiger charge is -2.21. The minimum Gasteiger partial charge on any atom is -0.306 e. The van der Waals surface area contributed by atoms with Crippen LogP contribution in [0, 0.1) is 16.3 Å². The number of benzene rings is 2. The van der Waals surface area contributed by atoms with Crippen LogP contribution in [0.15, 0.2) is 40.9 Å². The summed E-state index contributed by atoms with van der Waals surface area (Å²) in [6, 6.07) is 11.7. The standard InChI is InChI=1S/C17H18BrFIN/c1-3-8-21-17(12-5-4-11(2)15(19)9-12)14-10-13(18)6-7-16(14)20/h4-7,9-10,17,21H,3,8H2,1-2H3. The molecule has 0 bridgehead atoms. The highest BCUT2D eigenvalue weighted by atomic mass is 127. The molecule has 112 valence electrons. The zero-order chi connectivity index (χ0) is 15.4. The van der Waals surface area contributed by atoms with Crippen molar-refractivity contribution in [3.8, 4) is 0 Å². The van der Waals surface area contributed by atoms with Crippen molar-refractivity contribution in [2.45, 2.75) is 26.3 Å². The summed E-state index contributed by atoms with van der Waals surface area (Å²) >= 11 is 5.86. The molecule has 0 aromatic heterocycles. The largest absolute Gasteiger partial charge is 0.306 e. The van der Waals surface area contributed by atoms with Gasteiger partial charge in [0.1, 0.15) is 5.82 Å². The lowest BCUT2D eigenvalue weighted by molar-refractivity contribution is 0.581. The molecule has 0 saturated heterocycles. The van der Waals surface area contributed by atoms with E-state index in [1.807, 2.05) is 18.2 Å². The third-order valence-corrected chi connectivity index (χ3v) is 4.87. The Morgan fingerprint density at radius 2 is 2.00 bits per heavy atom. The van der Waals surface area contributed by atoms with E-state index in [9.17, 15) is 4.39 Å². The van der Waals surface area contributed by atoms with E-state index in [0.717, 1.165) is 23.0 Å². The number of halogens is 3. The Morgan fingerprint density at radius 1 is 1.24 bits per heavy atom. The zero-order valence-corrected chi connectivity index (χ0v) is 15.8. The molecule has 2 aromatic carbocycles. The van der Waals surface area contributed by atoms with Gasteiger partial charge in [-0.05, 0) is 83.4 Å². The van der Waals surface area contributed by atoms with Gasteiger partial charge in [-0.25, -0.2) is 4.39 Å². The molecule has 4 heteroatoms. The number of nitrogens with one attached hydrogen (secondary N) is 1. The zero-order valence-electron chi connectivity index (χ0n) is 12.1. The molecule has 21 heavy (non-hydrogen) atoms. The van der Waals surface area contributed by atoms with Gasteiger partial charge in [-0.3, -0.25) is 0 Å². The number of hydrogen-bond acceptors (Lipinski definition) is 1. The molecule has 0 spiro atoms. The van der Waals surface area contributed by atoms with Crippen LogP contribution in [0.1, 0.15) is 36.1 Å². The lowest BCUT2D eigenvalue weighted by Crippen LogP contribution is -2.24. The minimum absolute atomic E-state index is 0.00412. The van der Waals surface area contributed by atoms with E-state index in [-0.39, 0.29) is 11.9 Å². The highest BCUT2D eigenvalue weighted by Crippen LogP contribution is 2.29. The minimum atomic E-state index is -0.152. The van der Waals surface area contributed by atoms with Crippen LogP contribution in [0.25, 0.3) is 0 Å². The van der Waals surface area contributed by atoms with Crippen LogP contribution >= 0.6 is 38.5 Å². The number of hydrogen-bond donors (Lipinski definition) is 1. The first-order valence-corrected chi connectivity index (χ1v) is 8.84. The summed E-state index contributed by atoms with van der Waals surface area (Å²) in [4.78, 5) is 0. The highest BCUT2D eigenvalue weighted by molar-refractivity contribution is 14.1. The molecule has 0 heterocycles. The number of rotatable bonds is 5. The fourth-order valence-electron chi connectivity index (χ4n) is 2.22. The molecule has 0 saturated carbocycles. The Labute approximate surface area is 147 Å². The summed E-state index contributed by atoms with van der Waals surface area (Å²) in [6.07, 6.45) is 1.04. The number of aryl methyl sites for hydroxylation is 1. The summed E-state index contributed by atoms with van der Waals surface area (Å²) in [6.45, 7) is 4.81. The monoisotopic (exact) mass is 461 g/mol. The van der Waals surface area contributed by atoms with Crippen LogP contribution in [0.4, 0.5) is 4.39 Å². The summed E-state index contributed by atoms with van der Waals surface area (Å²) in [5.74, 6) is -0.152. The van der Waals surface area contributed by atoms with Crippen molar-refractivity contribution in [3.05, 3.63) is 66.9 Å². The molecule has 0 aliphatic rings. The molecule has 0 aliphatic heterocycles. The summed E-state index contributed by atoms with van der Waals surface area (Å²) in [7, 11) is 0. The van der Waals surface area contributed by atoms with E-state index in [1.165, 1.54) is 9.13 Å². The predicted molar refractivity (Wildman–Crippen MR) is 98.1 cm³/mol. The quantitative estimate of drug-likeness (QED) is 0.572. The van der Waals surface area contributed by atoms with Crippen molar-refractivity contribution in [3.63, 3.8) is 0 Å². The summed E-state index contributed by atoms with van der Waals surface area (Å²) < 4.78 is 16.1. The van der Waals surface area contributed by atoms with Gasteiger partial charge in [-0.2, -0.15) is 0 Å². The van der Waals surface area contributed by atoms with Crippen molar-refractivity contribution in [2.24, 2.45) is 0 Å². The smallest absolute Gasteiger partial charge is 0.126 e. The molecule has 2 rings (SSSR count). The van der Waals surface area contributed by atoms with Gasteiger partial charge in [0.05, 0.1) is 6.04 Å². The topological polar surface area (TPSA) is 12.0 Å². The maximum absolute atomic E-state index is 13.9. The van der Waals surface area contributed by atoms with Gasteiger partial charge >= 0.3 is 0 Å². The van der Waals surface area contributed by atoms with Crippen LogP contribution in [-0.2, 0) is 0 Å². The van der Waals surface area contributed by atoms with E-state index in [2.05, 4.69) is 62.9 Å². The maximum atomic E-state index is 13.9. The Bertz CT molecular complexity index is 630. The average Bonchev–Trinajstić information content (AvgIpc) is 2.46. The summed E-state index contributed by atoms with van der Waals surface area (Å²) in [5, 5.41) is 3.52. The van der Waals surface area contributed by atoms with Gasteiger partial charge in [-0.15, -0.1) is 0 Å². The molecule has 2 aromatic rings. The van der Waals surface area contributed by atoms with Crippen molar-refractivity contribution in [2.75, 3.05) is 6.54 Å². The maximum Gasteiger partial charge on any atom is 0.126 e. The first kappa shape index (κ1) is 16.9. The molecule has 0 radical (unpaired) electrons. The third kappa shape index (κ3) is 4.27. The van der Waals surface area contributed by atoms with Gasteiger partial charge in [0.25, 0.3) is 0 Å². The summed E-state index contributed by atoms with van der Waals surface area (Å²) in [5.41, 5.74) is 2.81. The molecular formula is C17H18BrFIN. The predicted octanol–water partition coefficient (Wildman–Crippen LogP) is 5.59. The Morgan fingerprint density at radius 3 is 2.67 bits per heavy atom. The Hall–Kier alpha value is -0.460. The van der Waals surface area contributed by atoms with Crippen LogP contribution in [0.2, 0.25) is 0 Å². The van der Waals surface area contributed by atoms with E-state index in [4.69, 9.17) is 0 Å². The van der Waals surface area contributed by atoms with Crippen molar-refractivity contribution < 1.29 is 4.39 Å². The van der Waals surface area contributed by atoms with Gasteiger partial charge < -0.3 is 5.32 Å². The van der Waals surface area contributed by atoms with Crippen molar-refractivity contribution in [1.29, 1.82) is 0 Å². The lowest BCUT2D eigenvalue weighted by atomic mass is 9.97. The van der Waals surface area contributed by atoms with E-state index >= 15 is 0 Å². The second kappa shape index (κ2) is 7.70. The molecule has 1 unspecified atom stereocenters. The van der Waals surface area contributed by atoms with Crippen LogP contribution in [0.5, 0.6) is 0 Å². The fraction of sp³-hybridized carbons (Fsp3) is 0.294. The first-order valence-electron chi connectivity index (χ1n) is 6.97. The second-order valence-electron chi connectivity index (χ2n) is 5.06. The second-order valence-corrected chi connectivity index (χ2v) is 7.14. The Kier molecular flexibility index (Phi) is 6.20. The average molecular weight is 462 g/mol. The first-order chi connectivity index (χ1) is 10.0. The molecule has 1 nitrogen and oxygen atoms in total. The SMILES string of the molecule is CCCNC(c1ccc(C)c(F)c1)c1cc(Br)ccc1I. The fourth-order valence-corrected chi connectivity index (χ4v) is 3.25. The van der Waals surface area contributed by atoms with Crippen molar-refractivity contribution in [1.82, 2.24) is 5.32 Å².